The molecule has 2 aromatic rings. The quantitative estimate of drug-likeness (QED) is 0.593. The molecule has 0 fully saturated rings. The van der Waals surface area contributed by atoms with Crippen LogP contribution in [0, 0.1) is 0 Å². The number of carbonyl (C=O) groups excluding carboxylic acids is 1. The van der Waals surface area contributed by atoms with Crippen molar-refractivity contribution >= 4 is 50.7 Å². The number of anilines is 2. The van der Waals surface area contributed by atoms with E-state index in [0.717, 1.165) is 11.2 Å². The van der Waals surface area contributed by atoms with Crippen molar-refractivity contribution in [1.29, 1.82) is 0 Å². The summed E-state index contributed by atoms with van der Waals surface area (Å²) in [5.74, 6) is -1.65. The summed E-state index contributed by atoms with van der Waals surface area (Å²) in [6.45, 7) is 0.350. The summed E-state index contributed by atoms with van der Waals surface area (Å²) >= 11 is 7.30. The predicted molar refractivity (Wildman–Crippen MR) is 106 cm³/mol. The van der Waals surface area contributed by atoms with Gasteiger partial charge in [0.1, 0.15) is 0 Å². The van der Waals surface area contributed by atoms with Crippen molar-refractivity contribution in [3.05, 3.63) is 47.5 Å². The van der Waals surface area contributed by atoms with Gasteiger partial charge in [0.25, 0.3) is 5.91 Å². The van der Waals surface area contributed by atoms with Crippen LogP contribution in [0.3, 0.4) is 0 Å². The van der Waals surface area contributed by atoms with E-state index >= 15 is 0 Å². The van der Waals surface area contributed by atoms with Crippen molar-refractivity contribution < 1.29 is 31.5 Å². The minimum Gasteiger partial charge on any atom is -0.373 e. The van der Waals surface area contributed by atoms with Gasteiger partial charge in [0.05, 0.1) is 17.0 Å². The lowest BCUT2D eigenvalue weighted by molar-refractivity contribution is -0.242. The Bertz CT molecular complexity index is 1010. The molecule has 0 aliphatic heterocycles. The van der Waals surface area contributed by atoms with Crippen molar-refractivity contribution in [1.82, 2.24) is 0 Å². The second-order valence-corrected chi connectivity index (χ2v) is 9.47. The highest BCUT2D eigenvalue weighted by atomic mass is 35.5. The smallest absolute Gasteiger partial charge is 0.373 e. The summed E-state index contributed by atoms with van der Waals surface area (Å²) in [5.41, 5.74) is -3.26. The molecule has 1 amide bonds. The lowest BCUT2D eigenvalue weighted by Gasteiger charge is -2.25. The summed E-state index contributed by atoms with van der Waals surface area (Å²) in [6.07, 6.45) is -4.11. The molecule has 0 heterocycles. The van der Waals surface area contributed by atoms with E-state index in [1.807, 2.05) is 5.32 Å². The summed E-state index contributed by atoms with van der Waals surface area (Å²) in [5, 5.41) is 11.3. The van der Waals surface area contributed by atoms with Gasteiger partial charge >= 0.3 is 6.18 Å². The second kappa shape index (κ2) is 8.42. The van der Waals surface area contributed by atoms with E-state index < -0.39 is 27.7 Å². The number of nitrogens with one attached hydrogen (secondary N) is 2. The van der Waals surface area contributed by atoms with Crippen LogP contribution in [0.1, 0.15) is 6.92 Å². The molecule has 0 unspecified atom stereocenters. The number of alkyl halides is 3. The molecule has 0 saturated heterocycles. The number of benzene rings is 2. The molecule has 12 heteroatoms. The number of halogens is 4. The van der Waals surface area contributed by atoms with E-state index in [2.05, 4.69) is 4.72 Å². The first kappa shape index (κ1) is 23.3. The second-order valence-electron chi connectivity index (χ2n) is 6.17. The lowest BCUT2D eigenvalue weighted by atomic mass is 10.1. The topological polar surface area (TPSA) is 95.5 Å². The number of hydrogen-bond acceptors (Lipinski definition) is 5. The van der Waals surface area contributed by atoms with Crippen LogP contribution in [-0.2, 0) is 14.8 Å². The average molecular weight is 469 g/mol. The van der Waals surface area contributed by atoms with Gasteiger partial charge < -0.3 is 10.4 Å². The molecule has 158 valence electrons. The molecule has 2 aromatic carbocycles. The summed E-state index contributed by atoms with van der Waals surface area (Å²) in [6, 6.07) is 10.8. The lowest BCUT2D eigenvalue weighted by Crippen LogP contribution is -2.52. The molecule has 0 bridgehead atoms. The number of carbonyl (C=O) groups is 1. The fourth-order valence-corrected chi connectivity index (χ4v) is 3.69. The maximum atomic E-state index is 12.7. The molecule has 0 spiro atoms. The van der Waals surface area contributed by atoms with Crippen LogP contribution in [0.15, 0.2) is 52.3 Å². The monoisotopic (exact) mass is 468 g/mol. The fraction of sp³-hybridized carbons (Fsp3) is 0.235. The Morgan fingerprint density at radius 1 is 1.10 bits per heavy atom. The molecule has 0 radical (unpaired) electrons. The van der Waals surface area contributed by atoms with Crippen LogP contribution in [0.2, 0.25) is 5.02 Å². The van der Waals surface area contributed by atoms with Gasteiger partial charge in [-0.25, -0.2) is 8.42 Å². The zero-order valence-corrected chi connectivity index (χ0v) is 17.4. The first-order chi connectivity index (χ1) is 13.2. The van der Waals surface area contributed by atoms with Crippen molar-refractivity contribution in [2.75, 3.05) is 16.3 Å². The van der Waals surface area contributed by atoms with E-state index in [9.17, 15) is 31.5 Å². The van der Waals surface area contributed by atoms with Crippen molar-refractivity contribution in [2.45, 2.75) is 28.5 Å². The molecule has 0 aromatic heterocycles. The molecule has 29 heavy (non-hydrogen) atoms. The van der Waals surface area contributed by atoms with E-state index in [0.29, 0.717) is 17.5 Å². The van der Waals surface area contributed by atoms with Crippen LogP contribution in [0.25, 0.3) is 0 Å². The molecule has 0 saturated carbocycles. The molecule has 0 aliphatic rings. The van der Waals surface area contributed by atoms with Gasteiger partial charge in [0.2, 0.25) is 15.6 Å². The third kappa shape index (κ3) is 6.26. The number of sulfonamides is 1. The molecule has 3 N–H and O–H groups in total. The highest BCUT2D eigenvalue weighted by molar-refractivity contribution is 7.99. The van der Waals surface area contributed by atoms with Crippen molar-refractivity contribution in [2.24, 2.45) is 0 Å². The molecular weight excluding hydrogens is 453 g/mol. The number of rotatable bonds is 6. The Labute approximate surface area is 174 Å². The zero-order chi connectivity index (χ0) is 22.0. The molecular formula is C17H16ClF3N2O4S2. The summed E-state index contributed by atoms with van der Waals surface area (Å²) < 4.78 is 62.9. The normalized spacial score (nSPS) is 14.2. The van der Waals surface area contributed by atoms with Gasteiger partial charge in [-0.1, -0.05) is 23.4 Å². The van der Waals surface area contributed by atoms with Crippen molar-refractivity contribution in [3.63, 3.8) is 0 Å². The minimum atomic E-state index is -5.14. The van der Waals surface area contributed by atoms with Gasteiger partial charge in [0.15, 0.2) is 0 Å². The fourth-order valence-electron chi connectivity index (χ4n) is 1.97. The highest BCUT2D eigenvalue weighted by Gasteiger charge is 2.55. The first-order valence-corrected chi connectivity index (χ1v) is 10.9. The van der Waals surface area contributed by atoms with E-state index in [1.54, 1.807) is 24.3 Å². The predicted octanol–water partition coefficient (Wildman–Crippen LogP) is 4.11. The van der Waals surface area contributed by atoms with Crippen LogP contribution in [0.5, 0.6) is 0 Å². The Morgan fingerprint density at radius 3 is 2.14 bits per heavy atom. The van der Waals surface area contributed by atoms with Crippen LogP contribution in [-0.4, -0.2) is 37.5 Å². The molecule has 2 rings (SSSR count). The number of amides is 1. The van der Waals surface area contributed by atoms with Gasteiger partial charge in [-0.2, -0.15) is 13.2 Å². The maximum absolute atomic E-state index is 12.7. The van der Waals surface area contributed by atoms with E-state index in [-0.39, 0.29) is 10.7 Å². The first-order valence-electron chi connectivity index (χ1n) is 7.85. The summed E-state index contributed by atoms with van der Waals surface area (Å²) in [7, 11) is -3.39. The van der Waals surface area contributed by atoms with E-state index in [1.165, 1.54) is 30.0 Å². The maximum Gasteiger partial charge on any atom is 0.426 e. The third-order valence-corrected chi connectivity index (χ3v) is 5.49. The Balaban J connectivity index is 2.11. The van der Waals surface area contributed by atoms with Gasteiger partial charge in [0, 0.05) is 15.5 Å². The van der Waals surface area contributed by atoms with Gasteiger partial charge in [-0.3, -0.25) is 9.52 Å². The van der Waals surface area contributed by atoms with Crippen LogP contribution >= 0.6 is 23.4 Å². The molecule has 0 aliphatic carbocycles. The number of aliphatic hydroxyl groups is 1. The van der Waals surface area contributed by atoms with Gasteiger partial charge in [-0.15, -0.1) is 0 Å². The number of hydrogen-bond donors (Lipinski definition) is 3. The van der Waals surface area contributed by atoms with Gasteiger partial charge in [-0.05, 0) is 49.4 Å². The largest absolute Gasteiger partial charge is 0.426 e. The third-order valence-electron chi connectivity index (χ3n) is 3.58. The average Bonchev–Trinajstić information content (AvgIpc) is 2.56. The Hall–Kier alpha value is -1.95. The van der Waals surface area contributed by atoms with Crippen molar-refractivity contribution in [3.8, 4) is 0 Å². The molecule has 6 nitrogen and oxygen atoms in total. The Kier molecular flexibility index (Phi) is 6.78. The summed E-state index contributed by atoms with van der Waals surface area (Å²) in [4.78, 5) is 13.1. The van der Waals surface area contributed by atoms with Crippen LogP contribution in [0.4, 0.5) is 24.5 Å². The Morgan fingerprint density at radius 2 is 1.66 bits per heavy atom. The zero-order valence-electron chi connectivity index (χ0n) is 15.0. The van der Waals surface area contributed by atoms with E-state index in [4.69, 9.17) is 11.6 Å². The minimum absolute atomic E-state index is 0.0170. The SMILES string of the molecule is C[C@@](O)(C(=O)Nc1ccc(Sc2ccc(NS(C)(=O)=O)cc2)cc1Cl)C(F)(F)F. The van der Waals surface area contributed by atoms with Crippen LogP contribution < -0.4 is 10.0 Å². The highest BCUT2D eigenvalue weighted by Crippen LogP contribution is 2.35. The molecule has 1 atom stereocenters. The standard InChI is InChI=1S/C17H16ClF3N2O4S2/c1-16(25,17(19,20)21)15(24)22-14-8-7-12(9-13(14)18)28-11-5-3-10(4-6-11)23-29(2,26)27/h3-9,23,25H,1-2H3,(H,22,24)/t16-/m1/s1.